The van der Waals surface area contributed by atoms with Crippen molar-refractivity contribution in [2.24, 2.45) is 0 Å². The predicted octanol–water partition coefficient (Wildman–Crippen LogP) is 5.35. The fourth-order valence-corrected chi connectivity index (χ4v) is 6.04. The van der Waals surface area contributed by atoms with Crippen molar-refractivity contribution in [1.82, 2.24) is 14.9 Å². The Kier molecular flexibility index (Phi) is 6.51. The molecule has 4 aromatic rings. The van der Waals surface area contributed by atoms with Crippen LogP contribution in [0.25, 0.3) is 5.69 Å². The predicted molar refractivity (Wildman–Crippen MR) is 153 cm³/mol. The summed E-state index contributed by atoms with van der Waals surface area (Å²) in [6, 6.07) is 23.4. The summed E-state index contributed by atoms with van der Waals surface area (Å²) >= 11 is 5.86. The summed E-state index contributed by atoms with van der Waals surface area (Å²) in [5.41, 5.74) is 8.00. The highest BCUT2D eigenvalue weighted by Gasteiger charge is 2.42. The number of thiocarbonyl (C=S) groups is 1. The molecule has 1 fully saturated rings. The largest absolute Gasteiger partial charge is 0.351 e. The van der Waals surface area contributed by atoms with E-state index >= 15 is 0 Å². The van der Waals surface area contributed by atoms with E-state index < -0.39 is 10.0 Å². The molecule has 5 rings (SSSR count). The SMILES string of the molecule is Cc1ccccc1-n1c(C)cc(C2C(c3ccccn3)NC(=S)N2c2ccc(NS(C)(=O)=O)cc2)c1C. The first-order valence-corrected chi connectivity index (χ1v) is 14.3. The van der Waals surface area contributed by atoms with E-state index in [9.17, 15) is 8.42 Å². The zero-order valence-electron chi connectivity index (χ0n) is 21.1. The van der Waals surface area contributed by atoms with E-state index in [-0.39, 0.29) is 12.1 Å². The molecule has 0 amide bonds. The Bertz CT molecular complexity index is 1560. The van der Waals surface area contributed by atoms with Gasteiger partial charge in [0.2, 0.25) is 10.0 Å². The average molecular weight is 532 g/mol. The summed E-state index contributed by atoms with van der Waals surface area (Å²) < 4.78 is 28.2. The van der Waals surface area contributed by atoms with Crippen LogP contribution in [0.3, 0.4) is 0 Å². The van der Waals surface area contributed by atoms with Gasteiger partial charge in [-0.25, -0.2) is 8.42 Å². The van der Waals surface area contributed by atoms with Gasteiger partial charge in [-0.2, -0.15) is 0 Å². The maximum absolute atomic E-state index is 11.7. The number of nitrogens with one attached hydrogen (secondary N) is 2. The van der Waals surface area contributed by atoms with Gasteiger partial charge in [-0.15, -0.1) is 0 Å². The van der Waals surface area contributed by atoms with Crippen molar-refractivity contribution in [2.75, 3.05) is 15.9 Å². The number of aryl methyl sites for hydroxylation is 2. The van der Waals surface area contributed by atoms with Gasteiger partial charge in [-0.05, 0) is 92.6 Å². The lowest BCUT2D eigenvalue weighted by Crippen LogP contribution is -2.29. The van der Waals surface area contributed by atoms with Crippen LogP contribution >= 0.6 is 12.2 Å². The Morgan fingerprint density at radius 3 is 2.32 bits per heavy atom. The Balaban J connectivity index is 1.64. The first-order valence-electron chi connectivity index (χ1n) is 12.0. The first-order chi connectivity index (χ1) is 17.6. The Hall–Kier alpha value is -3.69. The molecule has 0 radical (unpaired) electrons. The summed E-state index contributed by atoms with van der Waals surface area (Å²) in [7, 11) is -3.37. The maximum atomic E-state index is 11.7. The Morgan fingerprint density at radius 1 is 0.973 bits per heavy atom. The minimum Gasteiger partial charge on any atom is -0.351 e. The molecule has 2 aromatic carbocycles. The normalized spacial score (nSPS) is 17.6. The third-order valence-corrected chi connectivity index (χ3v) is 7.61. The zero-order valence-corrected chi connectivity index (χ0v) is 22.8. The fraction of sp³-hybridized carbons (Fsp3) is 0.214. The lowest BCUT2D eigenvalue weighted by atomic mass is 9.96. The van der Waals surface area contributed by atoms with E-state index in [0.717, 1.165) is 40.3 Å². The van der Waals surface area contributed by atoms with Crippen LogP contribution in [0.15, 0.2) is 79.0 Å². The molecule has 1 aliphatic heterocycles. The van der Waals surface area contributed by atoms with Crippen LogP contribution in [-0.2, 0) is 10.0 Å². The maximum Gasteiger partial charge on any atom is 0.229 e. The van der Waals surface area contributed by atoms with Gasteiger partial charge in [0.1, 0.15) is 0 Å². The number of pyridine rings is 1. The number of rotatable bonds is 6. The van der Waals surface area contributed by atoms with Crippen LogP contribution in [0.2, 0.25) is 0 Å². The zero-order chi connectivity index (χ0) is 26.3. The molecule has 0 saturated carbocycles. The number of para-hydroxylation sites is 1. The van der Waals surface area contributed by atoms with E-state index in [0.29, 0.717) is 10.8 Å². The molecule has 2 atom stereocenters. The highest BCUT2D eigenvalue weighted by molar-refractivity contribution is 7.92. The van der Waals surface area contributed by atoms with Crippen LogP contribution in [0.1, 0.15) is 40.3 Å². The van der Waals surface area contributed by atoms with E-state index in [1.165, 1.54) is 5.56 Å². The molecule has 2 N–H and O–H groups in total. The van der Waals surface area contributed by atoms with Gasteiger partial charge < -0.3 is 14.8 Å². The highest BCUT2D eigenvalue weighted by Crippen LogP contribution is 2.44. The van der Waals surface area contributed by atoms with Gasteiger partial charge in [0, 0.05) is 34.6 Å². The van der Waals surface area contributed by atoms with Crippen molar-refractivity contribution in [2.45, 2.75) is 32.9 Å². The average Bonchev–Trinajstić information content (AvgIpc) is 3.35. The molecular formula is C28H29N5O2S2. The summed E-state index contributed by atoms with van der Waals surface area (Å²) in [5.74, 6) is 0. The van der Waals surface area contributed by atoms with Gasteiger partial charge in [0.05, 0.1) is 24.0 Å². The molecule has 1 saturated heterocycles. The molecule has 9 heteroatoms. The minimum absolute atomic E-state index is 0.167. The van der Waals surface area contributed by atoms with Crippen molar-refractivity contribution in [3.8, 4) is 5.69 Å². The molecule has 37 heavy (non-hydrogen) atoms. The summed E-state index contributed by atoms with van der Waals surface area (Å²) in [6.45, 7) is 6.38. The third-order valence-electron chi connectivity index (χ3n) is 6.69. The number of hydrogen-bond acceptors (Lipinski definition) is 4. The highest BCUT2D eigenvalue weighted by atomic mass is 32.2. The summed E-state index contributed by atoms with van der Waals surface area (Å²) in [5, 5.41) is 4.09. The number of nitrogens with zero attached hydrogens (tertiary/aromatic N) is 3. The Morgan fingerprint density at radius 2 is 1.68 bits per heavy atom. The van der Waals surface area contributed by atoms with Gasteiger partial charge in [0.15, 0.2) is 5.11 Å². The van der Waals surface area contributed by atoms with Gasteiger partial charge in [0.25, 0.3) is 0 Å². The van der Waals surface area contributed by atoms with Gasteiger partial charge in [-0.3, -0.25) is 9.71 Å². The molecule has 0 spiro atoms. The fourth-order valence-electron chi connectivity index (χ4n) is 5.13. The van der Waals surface area contributed by atoms with E-state index in [2.05, 4.69) is 69.5 Å². The van der Waals surface area contributed by atoms with Gasteiger partial charge in [-0.1, -0.05) is 24.3 Å². The number of aromatic nitrogens is 2. The molecule has 0 aliphatic carbocycles. The smallest absolute Gasteiger partial charge is 0.229 e. The van der Waals surface area contributed by atoms with Crippen LogP contribution in [0.4, 0.5) is 11.4 Å². The molecule has 190 valence electrons. The second-order valence-electron chi connectivity index (χ2n) is 9.37. The van der Waals surface area contributed by atoms with Gasteiger partial charge >= 0.3 is 0 Å². The number of anilines is 2. The Labute approximate surface area is 223 Å². The van der Waals surface area contributed by atoms with Crippen molar-refractivity contribution >= 4 is 38.7 Å². The molecule has 2 aromatic heterocycles. The van der Waals surface area contributed by atoms with Crippen molar-refractivity contribution < 1.29 is 8.42 Å². The van der Waals surface area contributed by atoms with Crippen LogP contribution in [-0.4, -0.2) is 29.3 Å². The van der Waals surface area contributed by atoms with E-state index in [1.54, 1.807) is 18.3 Å². The first kappa shape index (κ1) is 25.0. The number of benzene rings is 2. The lowest BCUT2D eigenvalue weighted by Gasteiger charge is -2.28. The summed E-state index contributed by atoms with van der Waals surface area (Å²) in [6.07, 6.45) is 2.93. The topological polar surface area (TPSA) is 79.3 Å². The molecule has 0 bridgehead atoms. The number of sulfonamides is 1. The molecule has 3 heterocycles. The van der Waals surface area contributed by atoms with Crippen molar-refractivity contribution in [3.05, 3.63) is 107 Å². The number of hydrogen-bond donors (Lipinski definition) is 2. The van der Waals surface area contributed by atoms with E-state index in [4.69, 9.17) is 12.2 Å². The summed E-state index contributed by atoms with van der Waals surface area (Å²) in [4.78, 5) is 6.75. The standard InChI is InChI=1S/C28H29N5O2S2/c1-18-9-5-6-11-25(18)32-19(2)17-23(20(32)3)27-26(24-10-7-8-16-29-24)30-28(36)33(27)22-14-12-21(13-15-22)31-37(4,34)35/h5-17,26-27,31H,1-4H3,(H,30,36). The molecular weight excluding hydrogens is 502 g/mol. The lowest BCUT2D eigenvalue weighted by molar-refractivity contribution is 0.565. The van der Waals surface area contributed by atoms with Crippen molar-refractivity contribution in [3.63, 3.8) is 0 Å². The van der Waals surface area contributed by atoms with Crippen LogP contribution in [0.5, 0.6) is 0 Å². The minimum atomic E-state index is -3.37. The molecule has 7 nitrogen and oxygen atoms in total. The van der Waals surface area contributed by atoms with Crippen LogP contribution < -0.4 is 14.9 Å². The molecule has 2 unspecified atom stereocenters. The second-order valence-corrected chi connectivity index (χ2v) is 11.5. The second kappa shape index (κ2) is 9.64. The quantitative estimate of drug-likeness (QED) is 0.327. The van der Waals surface area contributed by atoms with Crippen LogP contribution in [0, 0.1) is 20.8 Å². The monoisotopic (exact) mass is 531 g/mol. The molecule has 1 aliphatic rings. The van der Waals surface area contributed by atoms with Crippen molar-refractivity contribution in [1.29, 1.82) is 0 Å². The third kappa shape index (κ3) is 4.84. The van der Waals surface area contributed by atoms with E-state index in [1.807, 2.05) is 36.4 Å².